The van der Waals surface area contributed by atoms with E-state index < -0.39 is 17.4 Å². The average molecular weight is 286 g/mol. The molecule has 0 aliphatic carbocycles. The largest absolute Gasteiger partial charge is 0.480 e. The number of carbonyl (C=O) groups is 2. The van der Waals surface area contributed by atoms with Gasteiger partial charge in [0.1, 0.15) is 6.04 Å². The summed E-state index contributed by atoms with van der Waals surface area (Å²) in [5.74, 6) is -0.927. The van der Waals surface area contributed by atoms with Crippen LogP contribution in [0.4, 0.5) is 4.79 Å². The van der Waals surface area contributed by atoms with E-state index >= 15 is 0 Å². The molecule has 6 heteroatoms. The van der Waals surface area contributed by atoms with E-state index in [9.17, 15) is 14.7 Å². The van der Waals surface area contributed by atoms with Crippen molar-refractivity contribution in [3.8, 4) is 0 Å². The van der Waals surface area contributed by atoms with Crippen LogP contribution in [0.5, 0.6) is 0 Å². The van der Waals surface area contributed by atoms with Gasteiger partial charge in [-0.2, -0.15) is 0 Å². The summed E-state index contributed by atoms with van der Waals surface area (Å²) in [5.41, 5.74) is -0.391. The molecular weight excluding hydrogens is 260 g/mol. The minimum Gasteiger partial charge on any atom is -0.480 e. The van der Waals surface area contributed by atoms with Crippen molar-refractivity contribution in [2.24, 2.45) is 5.41 Å². The molecule has 0 aromatic heterocycles. The molecule has 1 saturated heterocycles. The van der Waals surface area contributed by atoms with Gasteiger partial charge in [0, 0.05) is 26.8 Å². The van der Waals surface area contributed by atoms with Crippen molar-refractivity contribution in [3.63, 3.8) is 0 Å². The number of piperidine rings is 1. The molecule has 0 spiro atoms. The number of unbranched alkanes of at least 4 members (excludes halogenated alkanes) is 1. The van der Waals surface area contributed by atoms with Gasteiger partial charge in [-0.25, -0.2) is 9.59 Å². The predicted octanol–water partition coefficient (Wildman–Crippen LogP) is 1.70. The van der Waals surface area contributed by atoms with Crippen molar-refractivity contribution in [1.29, 1.82) is 0 Å². The van der Waals surface area contributed by atoms with E-state index in [1.165, 1.54) is 4.90 Å². The molecule has 1 aliphatic heterocycles. The van der Waals surface area contributed by atoms with E-state index in [1.54, 1.807) is 7.11 Å². The standard InChI is InChI=1S/C14H26N2O4/c1-14(2)7-6-9-16(11(14)12(17)18)13(19)15-8-4-5-10-20-3/h11H,4-10H2,1-3H3,(H,15,19)(H,17,18). The van der Waals surface area contributed by atoms with Crippen LogP contribution in [0, 0.1) is 5.41 Å². The lowest BCUT2D eigenvalue weighted by molar-refractivity contribution is -0.148. The van der Waals surface area contributed by atoms with Crippen molar-refractivity contribution < 1.29 is 19.4 Å². The Balaban J connectivity index is 2.54. The fraction of sp³-hybridized carbons (Fsp3) is 0.857. The molecule has 20 heavy (non-hydrogen) atoms. The third-order valence-electron chi connectivity index (χ3n) is 3.82. The van der Waals surface area contributed by atoms with Gasteiger partial charge in [-0.15, -0.1) is 0 Å². The van der Waals surface area contributed by atoms with E-state index in [2.05, 4.69) is 5.32 Å². The highest BCUT2D eigenvalue weighted by molar-refractivity contribution is 5.83. The topological polar surface area (TPSA) is 78.9 Å². The zero-order valence-electron chi connectivity index (χ0n) is 12.6. The molecule has 1 rings (SSSR count). The molecule has 1 unspecified atom stereocenters. The third-order valence-corrected chi connectivity index (χ3v) is 3.82. The Hall–Kier alpha value is -1.30. The molecule has 116 valence electrons. The molecule has 0 aromatic rings. The third kappa shape index (κ3) is 4.37. The number of ether oxygens (including phenoxy) is 1. The number of rotatable bonds is 6. The first kappa shape index (κ1) is 16.8. The molecule has 0 bridgehead atoms. The summed E-state index contributed by atoms with van der Waals surface area (Å²) in [6.45, 7) is 5.54. The fourth-order valence-corrected chi connectivity index (χ4v) is 2.75. The normalized spacial score (nSPS) is 21.6. The van der Waals surface area contributed by atoms with Crippen LogP contribution >= 0.6 is 0 Å². The summed E-state index contributed by atoms with van der Waals surface area (Å²) in [6, 6.07) is -1.03. The zero-order chi connectivity index (χ0) is 15.2. The number of carboxylic acids is 1. The number of hydrogen-bond acceptors (Lipinski definition) is 3. The van der Waals surface area contributed by atoms with E-state index in [1.807, 2.05) is 13.8 Å². The smallest absolute Gasteiger partial charge is 0.327 e. The summed E-state index contributed by atoms with van der Waals surface area (Å²) in [6.07, 6.45) is 3.37. The average Bonchev–Trinajstić information content (AvgIpc) is 2.36. The van der Waals surface area contributed by atoms with E-state index in [-0.39, 0.29) is 6.03 Å². The van der Waals surface area contributed by atoms with Crippen LogP contribution in [0.1, 0.15) is 39.5 Å². The Morgan fingerprint density at radius 2 is 2.10 bits per heavy atom. The number of nitrogens with one attached hydrogen (secondary N) is 1. The summed E-state index contributed by atoms with van der Waals surface area (Å²) in [4.78, 5) is 25.1. The molecule has 6 nitrogen and oxygen atoms in total. The second-order valence-corrected chi connectivity index (χ2v) is 5.96. The monoisotopic (exact) mass is 286 g/mol. The maximum absolute atomic E-state index is 12.2. The molecule has 1 aliphatic rings. The molecule has 1 fully saturated rings. The van der Waals surface area contributed by atoms with Gasteiger partial charge in [0.2, 0.25) is 0 Å². The molecular formula is C14H26N2O4. The second kappa shape index (κ2) is 7.47. The van der Waals surface area contributed by atoms with Gasteiger partial charge in [0.25, 0.3) is 0 Å². The van der Waals surface area contributed by atoms with Gasteiger partial charge in [0.05, 0.1) is 0 Å². The summed E-state index contributed by atoms with van der Waals surface area (Å²) >= 11 is 0. The maximum Gasteiger partial charge on any atom is 0.327 e. The quantitative estimate of drug-likeness (QED) is 0.728. The van der Waals surface area contributed by atoms with Gasteiger partial charge >= 0.3 is 12.0 Å². The minimum absolute atomic E-state index is 0.275. The molecule has 2 N–H and O–H groups in total. The molecule has 0 saturated carbocycles. The highest BCUT2D eigenvalue weighted by atomic mass is 16.5. The van der Waals surface area contributed by atoms with E-state index in [4.69, 9.17) is 4.74 Å². The van der Waals surface area contributed by atoms with Crippen LogP contribution in [-0.4, -0.2) is 54.9 Å². The fourth-order valence-electron chi connectivity index (χ4n) is 2.75. The highest BCUT2D eigenvalue weighted by Gasteiger charge is 2.44. The lowest BCUT2D eigenvalue weighted by Gasteiger charge is -2.43. The molecule has 1 heterocycles. The van der Waals surface area contributed by atoms with Crippen molar-refractivity contribution in [1.82, 2.24) is 10.2 Å². The maximum atomic E-state index is 12.2. The number of urea groups is 1. The SMILES string of the molecule is COCCCCNC(=O)N1CCCC(C)(C)C1C(=O)O. The van der Waals surface area contributed by atoms with Gasteiger partial charge in [-0.1, -0.05) is 13.8 Å². The number of carbonyl (C=O) groups excluding carboxylic acids is 1. The minimum atomic E-state index is -0.927. The first-order chi connectivity index (χ1) is 9.40. The molecule has 1 atom stereocenters. The number of likely N-dealkylation sites (tertiary alicyclic amines) is 1. The Morgan fingerprint density at radius 1 is 1.40 bits per heavy atom. The van der Waals surface area contributed by atoms with E-state index in [0.717, 1.165) is 25.7 Å². The van der Waals surface area contributed by atoms with Crippen molar-refractivity contribution >= 4 is 12.0 Å². The summed E-state index contributed by atoms with van der Waals surface area (Å²) in [7, 11) is 1.64. The van der Waals surface area contributed by atoms with Gasteiger partial charge in [-0.05, 0) is 31.1 Å². The second-order valence-electron chi connectivity index (χ2n) is 5.96. The van der Waals surface area contributed by atoms with Crippen molar-refractivity contribution in [2.75, 3.05) is 26.8 Å². The number of carboxylic acid groups (broad SMARTS) is 1. The lowest BCUT2D eigenvalue weighted by atomic mass is 9.76. The highest BCUT2D eigenvalue weighted by Crippen LogP contribution is 2.35. The van der Waals surface area contributed by atoms with Gasteiger partial charge in [0.15, 0.2) is 0 Å². The number of aliphatic carboxylic acids is 1. The van der Waals surface area contributed by atoms with Crippen LogP contribution in [0.25, 0.3) is 0 Å². The number of amides is 2. The van der Waals surface area contributed by atoms with Crippen LogP contribution in [0.3, 0.4) is 0 Å². The van der Waals surface area contributed by atoms with Gasteiger partial charge in [-0.3, -0.25) is 0 Å². The van der Waals surface area contributed by atoms with Crippen LogP contribution < -0.4 is 5.32 Å². The van der Waals surface area contributed by atoms with Gasteiger partial charge < -0.3 is 20.1 Å². The Labute approximate surface area is 120 Å². The summed E-state index contributed by atoms with van der Waals surface area (Å²) in [5, 5.41) is 12.2. The Morgan fingerprint density at radius 3 is 2.70 bits per heavy atom. The number of methoxy groups -OCH3 is 1. The Bertz CT molecular complexity index is 344. The molecule has 0 radical (unpaired) electrons. The van der Waals surface area contributed by atoms with Crippen LogP contribution in [0.15, 0.2) is 0 Å². The first-order valence-electron chi connectivity index (χ1n) is 7.16. The van der Waals surface area contributed by atoms with Crippen LogP contribution in [-0.2, 0) is 9.53 Å². The lowest BCUT2D eigenvalue weighted by Crippen LogP contribution is -2.58. The van der Waals surface area contributed by atoms with Crippen LogP contribution in [0.2, 0.25) is 0 Å². The zero-order valence-corrected chi connectivity index (χ0v) is 12.6. The molecule has 0 aromatic carbocycles. The van der Waals surface area contributed by atoms with Crippen molar-refractivity contribution in [3.05, 3.63) is 0 Å². The van der Waals surface area contributed by atoms with Crippen molar-refractivity contribution in [2.45, 2.75) is 45.6 Å². The summed E-state index contributed by atoms with van der Waals surface area (Å²) < 4.78 is 4.94. The number of nitrogens with zero attached hydrogens (tertiary/aromatic N) is 1. The number of hydrogen-bond donors (Lipinski definition) is 2. The predicted molar refractivity (Wildman–Crippen MR) is 75.7 cm³/mol. The first-order valence-corrected chi connectivity index (χ1v) is 7.16. The van der Waals surface area contributed by atoms with E-state index in [0.29, 0.717) is 19.7 Å². The Kier molecular flexibility index (Phi) is 6.26. The molecule has 2 amide bonds.